The van der Waals surface area contributed by atoms with Gasteiger partial charge in [-0.15, -0.1) is 11.3 Å². The lowest BCUT2D eigenvalue weighted by atomic mass is 10.2. The Kier molecular flexibility index (Phi) is 6.78. The number of anilines is 2. The summed E-state index contributed by atoms with van der Waals surface area (Å²) in [6.45, 7) is 2.15. The largest absolute Gasteiger partial charge is 0.451 e. The highest BCUT2D eigenvalue weighted by Crippen LogP contribution is 2.20. The SMILES string of the molecule is Cc1cc(NC(=O)COC(=O)c2csc(NCc3ccccc3)n2)ccc1Br. The fraction of sp³-hybridized carbons (Fsp3) is 0.150. The number of thiazole rings is 1. The van der Waals surface area contributed by atoms with Crippen LogP contribution in [0.1, 0.15) is 21.6 Å². The Morgan fingerprint density at radius 1 is 1.18 bits per heavy atom. The van der Waals surface area contributed by atoms with Crippen molar-refractivity contribution in [1.82, 2.24) is 4.98 Å². The summed E-state index contributed by atoms with van der Waals surface area (Å²) >= 11 is 4.71. The van der Waals surface area contributed by atoms with Gasteiger partial charge in [0.1, 0.15) is 0 Å². The molecule has 1 amide bonds. The first-order valence-electron chi connectivity index (χ1n) is 8.48. The van der Waals surface area contributed by atoms with Crippen LogP contribution in [0.15, 0.2) is 58.4 Å². The number of aromatic nitrogens is 1. The number of aryl methyl sites for hydroxylation is 1. The van der Waals surface area contributed by atoms with Crippen LogP contribution in [0.25, 0.3) is 0 Å². The van der Waals surface area contributed by atoms with Gasteiger partial charge in [0.05, 0.1) is 0 Å². The summed E-state index contributed by atoms with van der Waals surface area (Å²) in [7, 11) is 0. The lowest BCUT2D eigenvalue weighted by molar-refractivity contribution is -0.119. The minimum Gasteiger partial charge on any atom is -0.451 e. The van der Waals surface area contributed by atoms with E-state index in [0.717, 1.165) is 15.6 Å². The molecule has 1 heterocycles. The van der Waals surface area contributed by atoms with Gasteiger partial charge >= 0.3 is 5.97 Å². The Balaban J connectivity index is 1.47. The predicted molar refractivity (Wildman–Crippen MR) is 114 cm³/mol. The molecule has 0 atom stereocenters. The molecule has 0 spiro atoms. The first-order valence-corrected chi connectivity index (χ1v) is 10.1. The van der Waals surface area contributed by atoms with Crippen LogP contribution in [-0.4, -0.2) is 23.5 Å². The molecule has 0 aliphatic rings. The lowest BCUT2D eigenvalue weighted by Crippen LogP contribution is -2.21. The van der Waals surface area contributed by atoms with Gasteiger partial charge in [0, 0.05) is 22.1 Å². The molecule has 0 aliphatic carbocycles. The van der Waals surface area contributed by atoms with Gasteiger partial charge < -0.3 is 15.4 Å². The summed E-state index contributed by atoms with van der Waals surface area (Å²) in [6, 6.07) is 15.3. The van der Waals surface area contributed by atoms with Gasteiger partial charge in [0.2, 0.25) is 0 Å². The van der Waals surface area contributed by atoms with Crippen molar-refractivity contribution in [3.8, 4) is 0 Å². The minimum absolute atomic E-state index is 0.174. The Bertz CT molecular complexity index is 976. The maximum atomic E-state index is 12.1. The highest BCUT2D eigenvalue weighted by molar-refractivity contribution is 9.10. The number of ether oxygens (including phenoxy) is 1. The van der Waals surface area contributed by atoms with E-state index in [1.54, 1.807) is 11.4 Å². The van der Waals surface area contributed by atoms with Crippen molar-refractivity contribution in [3.05, 3.63) is 75.2 Å². The van der Waals surface area contributed by atoms with E-state index in [1.807, 2.05) is 49.4 Å². The number of hydrogen-bond donors (Lipinski definition) is 2. The van der Waals surface area contributed by atoms with Crippen LogP contribution >= 0.6 is 27.3 Å². The van der Waals surface area contributed by atoms with Gasteiger partial charge in [-0.3, -0.25) is 4.79 Å². The summed E-state index contributed by atoms with van der Waals surface area (Å²) in [5.41, 5.74) is 2.92. The van der Waals surface area contributed by atoms with Crippen molar-refractivity contribution in [2.45, 2.75) is 13.5 Å². The van der Waals surface area contributed by atoms with Gasteiger partial charge in [0.15, 0.2) is 17.4 Å². The maximum Gasteiger partial charge on any atom is 0.358 e. The van der Waals surface area contributed by atoms with Crippen molar-refractivity contribution in [1.29, 1.82) is 0 Å². The number of hydrogen-bond acceptors (Lipinski definition) is 6. The van der Waals surface area contributed by atoms with E-state index in [9.17, 15) is 9.59 Å². The molecule has 2 aromatic carbocycles. The van der Waals surface area contributed by atoms with E-state index >= 15 is 0 Å². The predicted octanol–water partition coefficient (Wildman–Crippen LogP) is 4.62. The standard InChI is InChI=1S/C20H18BrN3O3S/c1-13-9-15(7-8-16(13)21)23-18(25)11-27-19(26)17-12-28-20(24-17)22-10-14-5-3-2-4-6-14/h2-9,12H,10-11H2,1H3,(H,22,24)(H,23,25). The summed E-state index contributed by atoms with van der Waals surface area (Å²) in [4.78, 5) is 28.3. The zero-order valence-corrected chi connectivity index (χ0v) is 17.5. The first kappa shape index (κ1) is 20.0. The molecule has 8 heteroatoms. The monoisotopic (exact) mass is 459 g/mol. The van der Waals surface area contributed by atoms with E-state index in [2.05, 4.69) is 31.5 Å². The van der Waals surface area contributed by atoms with Gasteiger partial charge in [-0.2, -0.15) is 0 Å². The molecule has 0 unspecified atom stereocenters. The minimum atomic E-state index is -0.633. The quantitative estimate of drug-likeness (QED) is 0.503. The molecule has 2 N–H and O–H groups in total. The number of benzene rings is 2. The molecule has 0 radical (unpaired) electrons. The van der Waals surface area contributed by atoms with Crippen LogP contribution in [0.2, 0.25) is 0 Å². The number of nitrogens with zero attached hydrogens (tertiary/aromatic N) is 1. The second kappa shape index (κ2) is 9.48. The van der Waals surface area contributed by atoms with E-state index in [-0.39, 0.29) is 12.3 Å². The molecule has 1 aromatic heterocycles. The number of carbonyl (C=O) groups is 2. The number of carbonyl (C=O) groups excluding carboxylic acids is 2. The van der Waals surface area contributed by atoms with Crippen molar-refractivity contribution in [3.63, 3.8) is 0 Å². The molecule has 144 valence electrons. The van der Waals surface area contributed by atoms with Gasteiger partial charge in [-0.05, 0) is 36.2 Å². The van der Waals surface area contributed by atoms with Gasteiger partial charge in [-0.1, -0.05) is 46.3 Å². The fourth-order valence-corrected chi connectivity index (χ4v) is 3.27. The zero-order valence-electron chi connectivity index (χ0n) is 15.1. The highest BCUT2D eigenvalue weighted by Gasteiger charge is 2.14. The number of esters is 1. The van der Waals surface area contributed by atoms with Crippen LogP contribution in [0.5, 0.6) is 0 Å². The van der Waals surface area contributed by atoms with Crippen molar-refractivity contribution < 1.29 is 14.3 Å². The van der Waals surface area contributed by atoms with E-state index < -0.39 is 11.9 Å². The molecule has 3 rings (SSSR count). The smallest absolute Gasteiger partial charge is 0.358 e. The third-order valence-corrected chi connectivity index (χ3v) is 5.47. The van der Waals surface area contributed by atoms with Crippen molar-refractivity contribution in [2.75, 3.05) is 17.2 Å². The van der Waals surface area contributed by atoms with Crippen LogP contribution in [0, 0.1) is 6.92 Å². The van der Waals surface area contributed by atoms with E-state index in [1.165, 1.54) is 11.3 Å². The number of rotatable bonds is 7. The molecule has 3 aromatic rings. The van der Waals surface area contributed by atoms with Crippen LogP contribution in [-0.2, 0) is 16.1 Å². The van der Waals surface area contributed by atoms with Crippen LogP contribution in [0.3, 0.4) is 0 Å². The molecule has 0 fully saturated rings. The number of amides is 1. The molecule has 0 saturated carbocycles. The average molecular weight is 460 g/mol. The molecule has 28 heavy (non-hydrogen) atoms. The summed E-state index contributed by atoms with van der Waals surface area (Å²) in [6.07, 6.45) is 0. The first-order chi connectivity index (χ1) is 13.5. The summed E-state index contributed by atoms with van der Waals surface area (Å²) < 4.78 is 6.00. The zero-order chi connectivity index (χ0) is 19.9. The topological polar surface area (TPSA) is 80.3 Å². The number of nitrogens with one attached hydrogen (secondary N) is 2. The second-order valence-corrected chi connectivity index (χ2v) is 7.68. The normalized spacial score (nSPS) is 10.4. The molecular formula is C20H18BrN3O3S. The molecular weight excluding hydrogens is 442 g/mol. The molecule has 6 nitrogen and oxygen atoms in total. The lowest BCUT2D eigenvalue weighted by Gasteiger charge is -2.07. The third-order valence-electron chi connectivity index (χ3n) is 3.78. The van der Waals surface area contributed by atoms with Crippen LogP contribution < -0.4 is 10.6 Å². The van der Waals surface area contributed by atoms with Gasteiger partial charge in [-0.25, -0.2) is 9.78 Å². The summed E-state index contributed by atoms with van der Waals surface area (Å²) in [5.74, 6) is -1.04. The Morgan fingerprint density at radius 2 is 1.96 bits per heavy atom. The van der Waals surface area contributed by atoms with Crippen molar-refractivity contribution >= 4 is 50.0 Å². The molecule has 0 saturated heterocycles. The number of halogens is 1. The highest BCUT2D eigenvalue weighted by atomic mass is 79.9. The maximum absolute atomic E-state index is 12.1. The average Bonchev–Trinajstić information content (AvgIpc) is 3.17. The third kappa shape index (κ3) is 5.64. The molecule has 0 bridgehead atoms. The van der Waals surface area contributed by atoms with E-state index in [4.69, 9.17) is 4.74 Å². The Labute approximate surface area is 175 Å². The van der Waals surface area contributed by atoms with E-state index in [0.29, 0.717) is 17.4 Å². The van der Waals surface area contributed by atoms with Gasteiger partial charge in [0.25, 0.3) is 5.91 Å². The van der Waals surface area contributed by atoms with Crippen molar-refractivity contribution in [2.24, 2.45) is 0 Å². The summed E-state index contributed by atoms with van der Waals surface area (Å²) in [5, 5.41) is 8.07. The Hall–Kier alpha value is -2.71. The fourth-order valence-electron chi connectivity index (χ4n) is 2.35. The Morgan fingerprint density at radius 3 is 2.71 bits per heavy atom. The second-order valence-electron chi connectivity index (χ2n) is 5.97. The van der Waals surface area contributed by atoms with Crippen LogP contribution in [0.4, 0.5) is 10.8 Å². The molecule has 0 aliphatic heterocycles.